The largest absolute Gasteiger partial charge is 0.355 e. The first-order valence-corrected chi connectivity index (χ1v) is 10.9. The topological polar surface area (TPSA) is 52.7 Å². The molecule has 3 rings (SSSR count). The minimum atomic E-state index is 0.0962. The van der Waals surface area contributed by atoms with Gasteiger partial charge in [0.2, 0.25) is 11.8 Å². The molecule has 2 saturated heterocycles. The molecule has 0 spiro atoms. The fourth-order valence-electron chi connectivity index (χ4n) is 3.93. The number of nitrogens with zero attached hydrogens (tertiary/aromatic N) is 2. The zero-order chi connectivity index (χ0) is 18.2. The molecule has 0 atom stereocenters. The third kappa shape index (κ3) is 5.81. The number of hydrogen-bond donors (Lipinski definition) is 1. The van der Waals surface area contributed by atoms with Crippen LogP contribution in [0.5, 0.6) is 0 Å². The Morgan fingerprint density at radius 2 is 1.81 bits per heavy atom. The molecule has 2 aliphatic rings. The number of thiophene rings is 1. The molecule has 2 amide bonds. The van der Waals surface area contributed by atoms with Gasteiger partial charge in [0.1, 0.15) is 0 Å². The summed E-state index contributed by atoms with van der Waals surface area (Å²) in [7, 11) is 0. The van der Waals surface area contributed by atoms with Gasteiger partial charge in [0, 0.05) is 30.4 Å². The van der Waals surface area contributed by atoms with Crippen molar-refractivity contribution in [2.45, 2.75) is 44.9 Å². The normalized spacial score (nSPS) is 19.9. The van der Waals surface area contributed by atoms with Gasteiger partial charge in [0.25, 0.3) is 0 Å². The summed E-state index contributed by atoms with van der Waals surface area (Å²) in [6.45, 7) is 4.72. The van der Waals surface area contributed by atoms with E-state index < -0.39 is 0 Å². The minimum absolute atomic E-state index is 0.0962. The second-order valence-corrected chi connectivity index (χ2v) is 8.50. The van der Waals surface area contributed by atoms with E-state index in [1.807, 2.05) is 6.07 Å². The summed E-state index contributed by atoms with van der Waals surface area (Å²) < 4.78 is 0. The summed E-state index contributed by atoms with van der Waals surface area (Å²) >= 11 is 1.73. The first-order valence-electron chi connectivity index (χ1n) is 10.0. The van der Waals surface area contributed by atoms with Crippen LogP contribution >= 0.6 is 11.3 Å². The first kappa shape index (κ1) is 19.4. The third-order valence-corrected chi connectivity index (χ3v) is 6.43. The fourth-order valence-corrected chi connectivity index (χ4v) is 4.64. The molecule has 1 N–H and O–H groups in total. The van der Waals surface area contributed by atoms with Gasteiger partial charge < -0.3 is 10.2 Å². The molecule has 2 aliphatic heterocycles. The van der Waals surface area contributed by atoms with Gasteiger partial charge >= 0.3 is 0 Å². The summed E-state index contributed by atoms with van der Waals surface area (Å²) in [6.07, 6.45) is 7.48. The Morgan fingerprint density at radius 3 is 2.46 bits per heavy atom. The number of piperidine rings is 1. The van der Waals surface area contributed by atoms with Crippen LogP contribution in [0.3, 0.4) is 0 Å². The Bertz CT molecular complexity index is 560. The van der Waals surface area contributed by atoms with Gasteiger partial charge in [-0.05, 0) is 56.6 Å². The van der Waals surface area contributed by atoms with E-state index in [1.165, 1.54) is 17.7 Å². The van der Waals surface area contributed by atoms with Gasteiger partial charge in [0.05, 0.1) is 6.54 Å². The van der Waals surface area contributed by atoms with Crippen LogP contribution in [0, 0.1) is 5.92 Å². The zero-order valence-electron chi connectivity index (χ0n) is 15.6. The van der Waals surface area contributed by atoms with Gasteiger partial charge in [-0.1, -0.05) is 18.9 Å². The summed E-state index contributed by atoms with van der Waals surface area (Å²) in [4.78, 5) is 30.4. The Morgan fingerprint density at radius 1 is 1.08 bits per heavy atom. The summed E-state index contributed by atoms with van der Waals surface area (Å²) in [5, 5.41) is 5.08. The molecule has 0 radical (unpaired) electrons. The highest BCUT2D eigenvalue weighted by Gasteiger charge is 2.29. The summed E-state index contributed by atoms with van der Waals surface area (Å²) in [6, 6.07) is 4.14. The number of amides is 2. The molecule has 0 aromatic carbocycles. The van der Waals surface area contributed by atoms with E-state index in [-0.39, 0.29) is 11.8 Å². The lowest BCUT2D eigenvalue weighted by atomic mass is 9.95. The van der Waals surface area contributed by atoms with Crippen LogP contribution in [0.15, 0.2) is 17.5 Å². The lowest BCUT2D eigenvalue weighted by Crippen LogP contribution is -2.45. The van der Waals surface area contributed by atoms with Crippen LogP contribution in [0.4, 0.5) is 0 Å². The van der Waals surface area contributed by atoms with Gasteiger partial charge in [-0.2, -0.15) is 0 Å². The van der Waals surface area contributed by atoms with Crippen molar-refractivity contribution in [3.63, 3.8) is 0 Å². The third-order valence-electron chi connectivity index (χ3n) is 5.50. The minimum Gasteiger partial charge on any atom is -0.355 e. The highest BCUT2D eigenvalue weighted by atomic mass is 32.1. The predicted octanol–water partition coefficient (Wildman–Crippen LogP) is 2.52. The maximum atomic E-state index is 12.7. The second kappa shape index (κ2) is 10.1. The van der Waals surface area contributed by atoms with Crippen molar-refractivity contribution in [3.8, 4) is 0 Å². The molecule has 0 bridgehead atoms. The molecule has 0 unspecified atom stereocenters. The van der Waals surface area contributed by atoms with Crippen molar-refractivity contribution < 1.29 is 9.59 Å². The lowest BCUT2D eigenvalue weighted by molar-refractivity contribution is -0.137. The molecule has 3 heterocycles. The molecule has 6 heteroatoms. The van der Waals surface area contributed by atoms with Crippen LogP contribution < -0.4 is 5.32 Å². The molecule has 1 aromatic rings. The van der Waals surface area contributed by atoms with E-state index in [1.54, 1.807) is 11.3 Å². The number of carbonyl (C=O) groups excluding carboxylic acids is 2. The van der Waals surface area contributed by atoms with Crippen LogP contribution in [-0.4, -0.2) is 60.9 Å². The first-order chi connectivity index (χ1) is 12.7. The molecule has 26 heavy (non-hydrogen) atoms. The zero-order valence-corrected chi connectivity index (χ0v) is 16.4. The number of likely N-dealkylation sites (tertiary alicyclic amines) is 2. The Kier molecular flexibility index (Phi) is 7.50. The average Bonchev–Trinajstić information content (AvgIpc) is 3.02. The molecular weight excluding hydrogens is 346 g/mol. The van der Waals surface area contributed by atoms with Crippen LogP contribution in [0.25, 0.3) is 0 Å². The van der Waals surface area contributed by atoms with Crippen molar-refractivity contribution in [2.75, 3.05) is 39.3 Å². The Labute approximate surface area is 160 Å². The smallest absolute Gasteiger partial charge is 0.234 e. The highest BCUT2D eigenvalue weighted by molar-refractivity contribution is 7.09. The molecule has 144 valence electrons. The quantitative estimate of drug-likeness (QED) is 0.829. The number of rotatable bonds is 6. The second-order valence-electron chi connectivity index (χ2n) is 7.47. The van der Waals surface area contributed by atoms with Gasteiger partial charge in [-0.25, -0.2) is 0 Å². The standard InChI is InChI=1S/C20H31N3O2S/c24-19(21-10-7-18-6-5-15-26-18)16-22-13-8-17(9-14-22)20(25)23-11-3-1-2-4-12-23/h5-6,15,17H,1-4,7-14,16H2,(H,21,24). The predicted molar refractivity (Wildman–Crippen MR) is 105 cm³/mol. The van der Waals surface area contributed by atoms with E-state index in [9.17, 15) is 9.59 Å². The van der Waals surface area contributed by atoms with Crippen molar-refractivity contribution >= 4 is 23.2 Å². The monoisotopic (exact) mass is 377 g/mol. The van der Waals surface area contributed by atoms with Gasteiger partial charge in [-0.15, -0.1) is 11.3 Å². The van der Waals surface area contributed by atoms with Crippen LogP contribution in [0.2, 0.25) is 0 Å². The van der Waals surface area contributed by atoms with Crippen molar-refractivity contribution in [3.05, 3.63) is 22.4 Å². The summed E-state index contributed by atoms with van der Waals surface area (Å²) in [5.41, 5.74) is 0. The van der Waals surface area contributed by atoms with Crippen molar-refractivity contribution in [1.82, 2.24) is 15.1 Å². The molecule has 1 aromatic heterocycles. The maximum Gasteiger partial charge on any atom is 0.234 e. The SMILES string of the molecule is O=C(CN1CCC(C(=O)N2CCCCCC2)CC1)NCCc1cccs1. The van der Waals surface area contributed by atoms with Crippen molar-refractivity contribution in [1.29, 1.82) is 0 Å². The molecular formula is C20H31N3O2S. The highest BCUT2D eigenvalue weighted by Crippen LogP contribution is 2.21. The van der Waals surface area contributed by atoms with E-state index in [2.05, 4.69) is 26.6 Å². The Hall–Kier alpha value is -1.40. The summed E-state index contributed by atoms with van der Waals surface area (Å²) in [5.74, 6) is 0.608. The lowest BCUT2D eigenvalue weighted by Gasteiger charge is -2.33. The number of nitrogens with one attached hydrogen (secondary N) is 1. The molecule has 0 saturated carbocycles. The average molecular weight is 378 g/mol. The van der Waals surface area contributed by atoms with Crippen LogP contribution in [-0.2, 0) is 16.0 Å². The van der Waals surface area contributed by atoms with Gasteiger partial charge in [-0.3, -0.25) is 14.5 Å². The maximum absolute atomic E-state index is 12.7. The van der Waals surface area contributed by atoms with E-state index >= 15 is 0 Å². The van der Waals surface area contributed by atoms with E-state index in [4.69, 9.17) is 0 Å². The van der Waals surface area contributed by atoms with Crippen molar-refractivity contribution in [2.24, 2.45) is 5.92 Å². The van der Waals surface area contributed by atoms with E-state index in [0.29, 0.717) is 19.0 Å². The number of hydrogen-bond acceptors (Lipinski definition) is 4. The number of carbonyl (C=O) groups is 2. The molecule has 0 aliphatic carbocycles. The molecule has 2 fully saturated rings. The fraction of sp³-hybridized carbons (Fsp3) is 0.700. The van der Waals surface area contributed by atoms with E-state index in [0.717, 1.165) is 58.3 Å². The Balaban J connectivity index is 1.33. The van der Waals surface area contributed by atoms with Crippen LogP contribution in [0.1, 0.15) is 43.4 Å². The van der Waals surface area contributed by atoms with Gasteiger partial charge in [0.15, 0.2) is 0 Å². The molecule has 5 nitrogen and oxygen atoms in total.